The van der Waals surface area contributed by atoms with E-state index in [4.69, 9.17) is 4.74 Å². The summed E-state index contributed by atoms with van der Waals surface area (Å²) < 4.78 is 20.3. The zero-order chi connectivity index (χ0) is 17.5. The van der Waals surface area contributed by atoms with E-state index in [1.807, 2.05) is 30.3 Å². The molecule has 3 aromatic rings. The Bertz CT molecular complexity index is 833. The van der Waals surface area contributed by atoms with Crippen molar-refractivity contribution in [2.45, 2.75) is 19.3 Å². The van der Waals surface area contributed by atoms with Gasteiger partial charge >= 0.3 is 0 Å². The van der Waals surface area contributed by atoms with Crippen LogP contribution in [0, 0.1) is 5.82 Å². The van der Waals surface area contributed by atoms with Crippen LogP contribution in [0.3, 0.4) is 0 Å². The summed E-state index contributed by atoms with van der Waals surface area (Å²) in [7, 11) is 0. The second kappa shape index (κ2) is 8.28. The minimum absolute atomic E-state index is 0.00790. The van der Waals surface area contributed by atoms with Crippen LogP contribution in [-0.4, -0.2) is 28.4 Å². The van der Waals surface area contributed by atoms with Crippen molar-refractivity contribution in [1.29, 1.82) is 0 Å². The second-order valence-corrected chi connectivity index (χ2v) is 5.71. The zero-order valence-electron chi connectivity index (χ0n) is 13.8. The summed E-state index contributed by atoms with van der Waals surface area (Å²) in [6, 6.07) is 12.5. The number of imidazole rings is 1. The summed E-state index contributed by atoms with van der Waals surface area (Å²) in [5.41, 5.74) is 1.51. The number of amides is 1. The lowest BCUT2D eigenvalue weighted by Gasteiger charge is -2.06. The van der Waals surface area contributed by atoms with Crippen LogP contribution in [0.25, 0.3) is 5.65 Å². The van der Waals surface area contributed by atoms with Crippen LogP contribution < -0.4 is 10.1 Å². The number of fused-ring (bicyclic) bond motifs is 1. The molecule has 3 rings (SSSR count). The van der Waals surface area contributed by atoms with E-state index >= 15 is 0 Å². The Morgan fingerprint density at radius 3 is 2.84 bits per heavy atom. The predicted molar refractivity (Wildman–Crippen MR) is 93.0 cm³/mol. The van der Waals surface area contributed by atoms with E-state index in [0.717, 1.165) is 11.4 Å². The Morgan fingerprint density at radius 2 is 2.00 bits per heavy atom. The third kappa shape index (κ3) is 5.04. The van der Waals surface area contributed by atoms with Gasteiger partial charge in [0.2, 0.25) is 5.91 Å². The Kier molecular flexibility index (Phi) is 5.61. The summed E-state index contributed by atoms with van der Waals surface area (Å²) >= 11 is 0. The van der Waals surface area contributed by atoms with Gasteiger partial charge in [0.25, 0.3) is 0 Å². The van der Waals surface area contributed by atoms with E-state index in [1.54, 1.807) is 16.7 Å². The lowest BCUT2D eigenvalue weighted by atomic mass is 10.3. The first-order valence-electron chi connectivity index (χ1n) is 8.28. The van der Waals surface area contributed by atoms with Gasteiger partial charge in [-0.3, -0.25) is 4.79 Å². The molecule has 1 aromatic carbocycles. The molecule has 0 radical (unpaired) electrons. The Balaban J connectivity index is 1.34. The number of carbonyl (C=O) groups is 1. The summed E-state index contributed by atoms with van der Waals surface area (Å²) in [5.74, 6) is 0.500. The molecular weight excluding hydrogens is 321 g/mol. The van der Waals surface area contributed by atoms with Crippen LogP contribution in [0.1, 0.15) is 18.5 Å². The van der Waals surface area contributed by atoms with Gasteiger partial charge in [-0.1, -0.05) is 18.2 Å². The lowest BCUT2D eigenvalue weighted by molar-refractivity contribution is -0.121. The van der Waals surface area contributed by atoms with Crippen molar-refractivity contribution >= 4 is 11.6 Å². The van der Waals surface area contributed by atoms with Crippen molar-refractivity contribution < 1.29 is 13.9 Å². The highest BCUT2D eigenvalue weighted by atomic mass is 19.1. The van der Waals surface area contributed by atoms with Crippen LogP contribution in [-0.2, 0) is 11.2 Å². The molecule has 0 atom stereocenters. The van der Waals surface area contributed by atoms with Gasteiger partial charge in [-0.05, 0) is 30.7 Å². The first-order chi connectivity index (χ1) is 12.2. The standard InChI is InChI=1S/C19H20FN3O2/c20-15-8-9-18-22-16(14-23(18)13-15)10-11-21-19(24)7-4-12-25-17-5-2-1-3-6-17/h1-3,5-6,8-9,13-14H,4,7,10-12H2,(H,21,24). The molecular formula is C19H20FN3O2. The quantitative estimate of drug-likeness (QED) is 0.641. The van der Waals surface area contributed by atoms with Crippen LogP contribution in [0.15, 0.2) is 54.9 Å². The monoisotopic (exact) mass is 341 g/mol. The molecule has 0 fully saturated rings. The minimum Gasteiger partial charge on any atom is -0.494 e. The van der Waals surface area contributed by atoms with Crippen LogP contribution in [0.5, 0.6) is 5.75 Å². The molecule has 2 heterocycles. The molecule has 25 heavy (non-hydrogen) atoms. The highest BCUT2D eigenvalue weighted by Crippen LogP contribution is 2.09. The third-order valence-corrected chi connectivity index (χ3v) is 3.73. The highest BCUT2D eigenvalue weighted by Gasteiger charge is 2.05. The van der Waals surface area contributed by atoms with Gasteiger partial charge in [0, 0.05) is 31.8 Å². The maximum absolute atomic E-state index is 13.1. The van der Waals surface area contributed by atoms with Crippen molar-refractivity contribution in [3.63, 3.8) is 0 Å². The molecule has 0 saturated carbocycles. The number of aromatic nitrogens is 2. The van der Waals surface area contributed by atoms with Gasteiger partial charge in [0.15, 0.2) is 0 Å². The van der Waals surface area contributed by atoms with E-state index in [1.165, 1.54) is 12.3 Å². The molecule has 0 aliphatic carbocycles. The van der Waals surface area contributed by atoms with E-state index in [2.05, 4.69) is 10.3 Å². The van der Waals surface area contributed by atoms with Gasteiger partial charge < -0.3 is 14.5 Å². The molecule has 1 N–H and O–H groups in total. The van der Waals surface area contributed by atoms with Gasteiger partial charge in [-0.2, -0.15) is 0 Å². The van der Waals surface area contributed by atoms with Crippen molar-refractivity contribution in [1.82, 2.24) is 14.7 Å². The van der Waals surface area contributed by atoms with Crippen LogP contribution >= 0.6 is 0 Å². The molecule has 0 aliphatic heterocycles. The van der Waals surface area contributed by atoms with Crippen molar-refractivity contribution in [2.75, 3.05) is 13.2 Å². The van der Waals surface area contributed by atoms with Crippen LogP contribution in [0.4, 0.5) is 4.39 Å². The number of ether oxygens (including phenoxy) is 1. The highest BCUT2D eigenvalue weighted by molar-refractivity contribution is 5.75. The number of hydrogen-bond donors (Lipinski definition) is 1. The molecule has 0 saturated heterocycles. The Labute approximate surface area is 145 Å². The smallest absolute Gasteiger partial charge is 0.220 e. The fourth-order valence-corrected chi connectivity index (χ4v) is 2.50. The fourth-order valence-electron chi connectivity index (χ4n) is 2.50. The first-order valence-corrected chi connectivity index (χ1v) is 8.28. The zero-order valence-corrected chi connectivity index (χ0v) is 13.8. The maximum Gasteiger partial charge on any atom is 0.220 e. The number of rotatable bonds is 8. The van der Waals surface area contributed by atoms with Crippen molar-refractivity contribution in [3.05, 3.63) is 66.4 Å². The van der Waals surface area contributed by atoms with E-state index in [9.17, 15) is 9.18 Å². The predicted octanol–water partition coefficient (Wildman–Crippen LogP) is 2.99. The molecule has 0 aliphatic rings. The van der Waals surface area contributed by atoms with Gasteiger partial charge in [0.05, 0.1) is 12.3 Å². The molecule has 2 aromatic heterocycles. The van der Waals surface area contributed by atoms with E-state index in [0.29, 0.717) is 38.1 Å². The number of hydrogen-bond acceptors (Lipinski definition) is 3. The molecule has 0 unspecified atom stereocenters. The number of nitrogens with one attached hydrogen (secondary N) is 1. The maximum atomic E-state index is 13.1. The molecule has 6 heteroatoms. The molecule has 0 spiro atoms. The number of halogens is 1. The topological polar surface area (TPSA) is 55.6 Å². The molecule has 0 bridgehead atoms. The number of benzene rings is 1. The summed E-state index contributed by atoms with van der Waals surface area (Å²) in [6.45, 7) is 1.01. The summed E-state index contributed by atoms with van der Waals surface area (Å²) in [5, 5.41) is 2.87. The lowest BCUT2D eigenvalue weighted by Crippen LogP contribution is -2.25. The van der Waals surface area contributed by atoms with Gasteiger partial charge in [-0.25, -0.2) is 9.37 Å². The van der Waals surface area contributed by atoms with Crippen LogP contribution in [0.2, 0.25) is 0 Å². The average molecular weight is 341 g/mol. The SMILES string of the molecule is O=C(CCCOc1ccccc1)NCCc1cn2cc(F)ccc2n1. The van der Waals surface area contributed by atoms with Crippen molar-refractivity contribution in [2.24, 2.45) is 0 Å². The normalized spacial score (nSPS) is 10.8. The minimum atomic E-state index is -0.303. The number of carbonyl (C=O) groups excluding carboxylic acids is 1. The first kappa shape index (κ1) is 17.0. The summed E-state index contributed by atoms with van der Waals surface area (Å²) in [4.78, 5) is 16.2. The van der Waals surface area contributed by atoms with Crippen molar-refractivity contribution in [3.8, 4) is 5.75 Å². The number of nitrogens with zero attached hydrogens (tertiary/aromatic N) is 2. The second-order valence-electron chi connectivity index (χ2n) is 5.71. The van der Waals surface area contributed by atoms with Gasteiger partial charge in [-0.15, -0.1) is 0 Å². The van der Waals surface area contributed by atoms with E-state index in [-0.39, 0.29) is 11.7 Å². The third-order valence-electron chi connectivity index (χ3n) is 3.73. The average Bonchev–Trinajstić information content (AvgIpc) is 3.01. The molecule has 1 amide bonds. The van der Waals surface area contributed by atoms with Gasteiger partial charge in [0.1, 0.15) is 17.2 Å². The largest absolute Gasteiger partial charge is 0.494 e. The molecule has 5 nitrogen and oxygen atoms in total. The molecule has 130 valence electrons. The van der Waals surface area contributed by atoms with E-state index < -0.39 is 0 Å². The fraction of sp³-hybridized carbons (Fsp3) is 0.263. The summed E-state index contributed by atoms with van der Waals surface area (Å²) in [6.07, 6.45) is 4.85. The number of pyridine rings is 1. The Hall–Kier alpha value is -2.89. The number of para-hydroxylation sites is 1. The Morgan fingerprint density at radius 1 is 1.16 bits per heavy atom.